The molecule has 0 heterocycles. The Kier molecular flexibility index (Phi) is 7.69. The molecule has 0 aliphatic heterocycles. The standard InChI is InChI=1S/C10H21NO2/c1-3-5-6-8-11(4-2)9-7-10(12)13/h3-9H2,1-2H3,(H,12,13). The van der Waals surface area contributed by atoms with E-state index < -0.39 is 5.97 Å². The lowest BCUT2D eigenvalue weighted by Gasteiger charge is -2.18. The molecule has 0 radical (unpaired) electrons. The van der Waals surface area contributed by atoms with Gasteiger partial charge in [0, 0.05) is 6.54 Å². The van der Waals surface area contributed by atoms with E-state index in [1.165, 1.54) is 19.3 Å². The van der Waals surface area contributed by atoms with Crippen molar-refractivity contribution in [1.29, 1.82) is 0 Å². The molecule has 0 bridgehead atoms. The van der Waals surface area contributed by atoms with Gasteiger partial charge in [-0.2, -0.15) is 0 Å². The third-order valence-electron chi connectivity index (χ3n) is 2.17. The number of carbonyl (C=O) groups is 1. The Morgan fingerprint density at radius 1 is 1.23 bits per heavy atom. The smallest absolute Gasteiger partial charge is 0.304 e. The second-order valence-electron chi connectivity index (χ2n) is 3.29. The molecule has 3 nitrogen and oxygen atoms in total. The van der Waals surface area contributed by atoms with E-state index in [4.69, 9.17) is 5.11 Å². The Hall–Kier alpha value is -0.570. The lowest BCUT2D eigenvalue weighted by molar-refractivity contribution is -0.137. The van der Waals surface area contributed by atoms with E-state index in [1.807, 2.05) is 0 Å². The number of carboxylic acid groups (broad SMARTS) is 1. The van der Waals surface area contributed by atoms with E-state index in [2.05, 4.69) is 18.7 Å². The average Bonchev–Trinajstić information content (AvgIpc) is 2.10. The molecule has 1 N–H and O–H groups in total. The van der Waals surface area contributed by atoms with Gasteiger partial charge in [0.05, 0.1) is 6.42 Å². The second kappa shape index (κ2) is 8.05. The number of nitrogens with zero attached hydrogens (tertiary/aromatic N) is 1. The van der Waals surface area contributed by atoms with Crippen molar-refractivity contribution in [2.24, 2.45) is 0 Å². The normalized spacial score (nSPS) is 10.7. The van der Waals surface area contributed by atoms with Crippen molar-refractivity contribution < 1.29 is 9.90 Å². The maximum absolute atomic E-state index is 10.3. The topological polar surface area (TPSA) is 40.5 Å². The highest BCUT2D eigenvalue weighted by atomic mass is 16.4. The Bertz CT molecular complexity index is 137. The highest BCUT2D eigenvalue weighted by Gasteiger charge is 2.04. The van der Waals surface area contributed by atoms with Crippen LogP contribution in [0.3, 0.4) is 0 Å². The number of rotatable bonds is 8. The average molecular weight is 187 g/mol. The third kappa shape index (κ3) is 7.78. The van der Waals surface area contributed by atoms with Gasteiger partial charge in [-0.1, -0.05) is 26.7 Å². The molecular weight excluding hydrogens is 166 g/mol. The number of hydrogen-bond donors (Lipinski definition) is 1. The van der Waals surface area contributed by atoms with E-state index in [0.717, 1.165) is 13.1 Å². The van der Waals surface area contributed by atoms with E-state index in [1.54, 1.807) is 0 Å². The van der Waals surface area contributed by atoms with Gasteiger partial charge in [-0.15, -0.1) is 0 Å². The Balaban J connectivity index is 3.45. The first-order valence-electron chi connectivity index (χ1n) is 5.14. The SMILES string of the molecule is CCCCCN(CC)CCC(=O)O. The minimum atomic E-state index is -0.700. The van der Waals surface area contributed by atoms with Crippen LogP contribution in [0.2, 0.25) is 0 Å². The Morgan fingerprint density at radius 2 is 1.92 bits per heavy atom. The van der Waals surface area contributed by atoms with Gasteiger partial charge in [-0.05, 0) is 19.5 Å². The second-order valence-corrected chi connectivity index (χ2v) is 3.29. The van der Waals surface area contributed by atoms with Crippen molar-refractivity contribution in [3.05, 3.63) is 0 Å². The first-order chi connectivity index (χ1) is 6.20. The number of carboxylic acids is 1. The Labute approximate surface area is 80.7 Å². The van der Waals surface area contributed by atoms with Gasteiger partial charge in [0.25, 0.3) is 0 Å². The molecule has 78 valence electrons. The van der Waals surface area contributed by atoms with Crippen LogP contribution >= 0.6 is 0 Å². The molecule has 0 unspecified atom stereocenters. The van der Waals surface area contributed by atoms with Crippen molar-refractivity contribution in [1.82, 2.24) is 4.90 Å². The minimum absolute atomic E-state index is 0.264. The first-order valence-corrected chi connectivity index (χ1v) is 5.14. The maximum atomic E-state index is 10.3. The summed E-state index contributed by atoms with van der Waals surface area (Å²) in [5, 5.41) is 8.50. The fourth-order valence-electron chi connectivity index (χ4n) is 1.27. The summed E-state index contributed by atoms with van der Waals surface area (Å²) in [6, 6.07) is 0. The number of aliphatic carboxylic acids is 1. The van der Waals surface area contributed by atoms with Crippen molar-refractivity contribution in [2.75, 3.05) is 19.6 Å². The van der Waals surface area contributed by atoms with Gasteiger partial charge in [-0.25, -0.2) is 0 Å². The number of unbranched alkanes of at least 4 members (excludes halogenated alkanes) is 2. The van der Waals surface area contributed by atoms with Crippen LogP contribution in [0.25, 0.3) is 0 Å². The molecule has 0 atom stereocenters. The predicted molar refractivity (Wildman–Crippen MR) is 53.9 cm³/mol. The molecule has 0 aliphatic carbocycles. The quantitative estimate of drug-likeness (QED) is 0.591. The summed E-state index contributed by atoms with van der Waals surface area (Å²) in [4.78, 5) is 12.5. The third-order valence-corrected chi connectivity index (χ3v) is 2.17. The fraction of sp³-hybridized carbons (Fsp3) is 0.900. The van der Waals surface area contributed by atoms with Gasteiger partial charge in [0.1, 0.15) is 0 Å². The van der Waals surface area contributed by atoms with Crippen LogP contribution in [0.1, 0.15) is 39.5 Å². The summed E-state index contributed by atoms with van der Waals surface area (Å²) in [5.74, 6) is -0.700. The molecule has 0 amide bonds. The molecule has 0 fully saturated rings. The van der Waals surface area contributed by atoms with Gasteiger partial charge in [-0.3, -0.25) is 4.79 Å². The van der Waals surface area contributed by atoms with Gasteiger partial charge >= 0.3 is 5.97 Å². The van der Waals surface area contributed by atoms with Gasteiger partial charge in [0.15, 0.2) is 0 Å². The highest BCUT2D eigenvalue weighted by Crippen LogP contribution is 1.99. The molecule has 0 aromatic carbocycles. The fourth-order valence-corrected chi connectivity index (χ4v) is 1.27. The molecule has 0 spiro atoms. The van der Waals surface area contributed by atoms with Crippen LogP contribution in [0.5, 0.6) is 0 Å². The number of hydrogen-bond acceptors (Lipinski definition) is 2. The molecule has 13 heavy (non-hydrogen) atoms. The summed E-state index contributed by atoms with van der Waals surface area (Å²) < 4.78 is 0. The van der Waals surface area contributed by atoms with Crippen LogP contribution in [0.15, 0.2) is 0 Å². The lowest BCUT2D eigenvalue weighted by Crippen LogP contribution is -2.27. The summed E-state index contributed by atoms with van der Waals surface area (Å²) in [6.45, 7) is 6.94. The summed E-state index contributed by atoms with van der Waals surface area (Å²) in [7, 11) is 0. The van der Waals surface area contributed by atoms with Gasteiger partial charge in [0.2, 0.25) is 0 Å². The zero-order valence-electron chi connectivity index (χ0n) is 8.75. The molecule has 0 saturated carbocycles. The van der Waals surface area contributed by atoms with E-state index in [9.17, 15) is 4.79 Å². The largest absolute Gasteiger partial charge is 0.481 e. The van der Waals surface area contributed by atoms with E-state index in [-0.39, 0.29) is 6.42 Å². The van der Waals surface area contributed by atoms with Crippen molar-refractivity contribution in [2.45, 2.75) is 39.5 Å². The molecule has 3 heteroatoms. The maximum Gasteiger partial charge on any atom is 0.304 e. The lowest BCUT2D eigenvalue weighted by atomic mass is 10.2. The van der Waals surface area contributed by atoms with Gasteiger partial charge < -0.3 is 10.0 Å². The minimum Gasteiger partial charge on any atom is -0.481 e. The van der Waals surface area contributed by atoms with Crippen LogP contribution in [0.4, 0.5) is 0 Å². The van der Waals surface area contributed by atoms with Crippen LogP contribution in [-0.2, 0) is 4.79 Å². The molecule has 0 aromatic heterocycles. The van der Waals surface area contributed by atoms with E-state index >= 15 is 0 Å². The summed E-state index contributed by atoms with van der Waals surface area (Å²) in [5.41, 5.74) is 0. The molecule has 0 rings (SSSR count). The van der Waals surface area contributed by atoms with Crippen molar-refractivity contribution >= 4 is 5.97 Å². The first kappa shape index (κ1) is 12.4. The molecule has 0 aromatic rings. The summed E-state index contributed by atoms with van der Waals surface area (Å²) >= 11 is 0. The van der Waals surface area contributed by atoms with Crippen LogP contribution in [0, 0.1) is 0 Å². The van der Waals surface area contributed by atoms with Crippen LogP contribution < -0.4 is 0 Å². The highest BCUT2D eigenvalue weighted by molar-refractivity contribution is 5.66. The molecule has 0 aliphatic rings. The molecule has 0 saturated heterocycles. The predicted octanol–water partition coefficient (Wildman–Crippen LogP) is 1.97. The zero-order valence-corrected chi connectivity index (χ0v) is 8.75. The van der Waals surface area contributed by atoms with E-state index in [0.29, 0.717) is 6.54 Å². The van der Waals surface area contributed by atoms with Crippen molar-refractivity contribution in [3.63, 3.8) is 0 Å². The summed E-state index contributed by atoms with van der Waals surface area (Å²) in [6.07, 6.45) is 3.91. The zero-order chi connectivity index (χ0) is 10.1. The Morgan fingerprint density at radius 3 is 2.38 bits per heavy atom. The molecular formula is C10H21NO2. The van der Waals surface area contributed by atoms with Crippen molar-refractivity contribution in [3.8, 4) is 0 Å². The monoisotopic (exact) mass is 187 g/mol. The van der Waals surface area contributed by atoms with Crippen LogP contribution in [-0.4, -0.2) is 35.6 Å².